The second kappa shape index (κ2) is 15.0. The van der Waals surface area contributed by atoms with Gasteiger partial charge in [0.1, 0.15) is 18.8 Å². The maximum absolute atomic E-state index is 13.2. The zero-order valence-corrected chi connectivity index (χ0v) is 35.7. The molecule has 302 valence electrons. The van der Waals surface area contributed by atoms with E-state index in [1.165, 1.54) is 0 Å². The van der Waals surface area contributed by atoms with Crippen molar-refractivity contribution in [2.75, 3.05) is 13.2 Å². The summed E-state index contributed by atoms with van der Waals surface area (Å²) in [6, 6.07) is 0. The van der Waals surface area contributed by atoms with Crippen molar-refractivity contribution < 1.29 is 43.9 Å². The Labute approximate surface area is 333 Å². The first kappa shape index (κ1) is 43.1. The lowest BCUT2D eigenvalue weighted by molar-refractivity contribution is -0.249. The van der Waals surface area contributed by atoms with Gasteiger partial charge in [0.25, 0.3) is 0 Å². The fourth-order valence-electron chi connectivity index (χ4n) is 11.3. The smallest absolute Gasteiger partial charge is 0.333 e. The summed E-state index contributed by atoms with van der Waals surface area (Å²) in [7, 11) is 0. The largest absolute Gasteiger partial charge is 0.462 e. The lowest BCUT2D eigenvalue weighted by Gasteiger charge is -2.71. The van der Waals surface area contributed by atoms with E-state index in [0.717, 1.165) is 5.57 Å². The molecule has 5 aliphatic rings. The van der Waals surface area contributed by atoms with Gasteiger partial charge in [0, 0.05) is 42.5 Å². The third kappa shape index (κ3) is 6.48. The molecule has 0 aliphatic heterocycles. The van der Waals surface area contributed by atoms with Gasteiger partial charge >= 0.3 is 17.9 Å². The molecular weight excluding hydrogens is 725 g/mol. The first-order valence-corrected chi connectivity index (χ1v) is 20.6. The van der Waals surface area contributed by atoms with Gasteiger partial charge in [0.05, 0.1) is 24.2 Å². The third-order valence-corrected chi connectivity index (χ3v) is 17.1. The van der Waals surface area contributed by atoms with Gasteiger partial charge in [0.2, 0.25) is 0 Å². The highest BCUT2D eigenvalue weighted by atomic mass is 32.1. The highest BCUT2D eigenvalue weighted by Gasteiger charge is 2.74. The molecule has 0 amide bonds. The summed E-state index contributed by atoms with van der Waals surface area (Å²) < 4.78 is 16.7. The van der Waals surface area contributed by atoms with Crippen LogP contribution in [-0.4, -0.2) is 80.4 Å². The molecule has 3 N–H and O–H groups in total. The molecule has 0 saturated heterocycles. The quantitative estimate of drug-likeness (QED) is 0.0585. The minimum absolute atomic E-state index is 0.0575. The van der Waals surface area contributed by atoms with Crippen molar-refractivity contribution >= 4 is 43.2 Å². The predicted octanol–water partition coefficient (Wildman–Crippen LogP) is 6.90. The standard InChI is InChI=1S/C43H64O9S2/c1-11-24(4)35(47)50-22-39(9)29-16-19-43(54)30(42(29,53)18-17-31(39)44)15-14-27-28-20-38(7,8)34(52-37(49)26(6)13-3)33(46)41(28,32(45)21-40(27,43)10)23-51-36(48)25(5)12-2/h11-14,28-34,44-46,53-54H,15-23H2,1-10H3/b24-11-,25-12-,26-13-/t28?,29?,30?,31-,32+,33-,34-,39+,40+,41-,42+,43-/m0/s1. The van der Waals surface area contributed by atoms with E-state index in [0.29, 0.717) is 55.2 Å². The summed E-state index contributed by atoms with van der Waals surface area (Å²) in [4.78, 5) is 39.1. The average molecular weight is 789 g/mol. The van der Waals surface area contributed by atoms with Gasteiger partial charge < -0.3 is 29.5 Å². The molecule has 0 aromatic rings. The number of carbonyl (C=O) groups is 3. The van der Waals surface area contributed by atoms with Crippen LogP contribution in [0.15, 0.2) is 46.6 Å². The number of thiol groups is 2. The molecule has 4 saturated carbocycles. The van der Waals surface area contributed by atoms with Crippen molar-refractivity contribution in [2.24, 2.45) is 39.4 Å². The number of hydrogen-bond donors (Lipinski definition) is 5. The number of aliphatic hydroxyl groups excluding tert-OH is 3. The lowest BCUT2D eigenvalue weighted by Crippen LogP contribution is -2.74. The summed E-state index contributed by atoms with van der Waals surface area (Å²) in [6.07, 6.45) is 6.99. The molecule has 0 aromatic carbocycles. The summed E-state index contributed by atoms with van der Waals surface area (Å²) in [5.74, 6) is -2.03. The van der Waals surface area contributed by atoms with Crippen LogP contribution in [0.3, 0.4) is 0 Å². The lowest BCUT2D eigenvalue weighted by atomic mass is 9.39. The highest BCUT2D eigenvalue weighted by molar-refractivity contribution is 7.83. The number of allylic oxidation sites excluding steroid dienone is 5. The fraction of sp³-hybridized carbons (Fsp3) is 0.744. The van der Waals surface area contributed by atoms with Gasteiger partial charge in [-0.25, -0.2) is 14.4 Å². The number of rotatable bonds is 8. The van der Waals surface area contributed by atoms with Gasteiger partial charge in [-0.1, -0.05) is 57.6 Å². The van der Waals surface area contributed by atoms with Gasteiger partial charge in [-0.2, -0.15) is 25.3 Å². The number of hydrogen-bond acceptors (Lipinski definition) is 11. The Morgan fingerprint density at radius 3 is 1.91 bits per heavy atom. The third-order valence-electron chi connectivity index (χ3n) is 15.2. The van der Waals surface area contributed by atoms with Gasteiger partial charge in [-0.3, -0.25) is 0 Å². The Bertz CT molecular complexity index is 1650. The summed E-state index contributed by atoms with van der Waals surface area (Å²) in [5, 5.41) is 36.7. The molecule has 3 unspecified atom stereocenters. The number of esters is 3. The van der Waals surface area contributed by atoms with Crippen LogP contribution in [-0.2, 0) is 28.6 Å². The van der Waals surface area contributed by atoms with Crippen LogP contribution in [0.2, 0.25) is 0 Å². The summed E-state index contributed by atoms with van der Waals surface area (Å²) in [6.45, 7) is 18.3. The van der Waals surface area contributed by atoms with E-state index >= 15 is 0 Å². The number of fused-ring (bicyclic) bond motifs is 7. The second-order valence-electron chi connectivity index (χ2n) is 18.3. The molecule has 0 bridgehead atoms. The van der Waals surface area contributed by atoms with Crippen molar-refractivity contribution in [2.45, 2.75) is 148 Å². The zero-order chi connectivity index (χ0) is 40.4. The van der Waals surface area contributed by atoms with Crippen molar-refractivity contribution in [3.63, 3.8) is 0 Å². The first-order chi connectivity index (χ1) is 25.0. The molecular formula is C43H64O9S2. The fourth-order valence-corrected chi connectivity index (χ4v) is 12.9. The molecule has 0 spiro atoms. The highest BCUT2D eigenvalue weighted by Crippen LogP contribution is 2.73. The van der Waals surface area contributed by atoms with Crippen LogP contribution in [0.1, 0.15) is 114 Å². The van der Waals surface area contributed by atoms with Crippen LogP contribution < -0.4 is 0 Å². The molecule has 0 aromatic heterocycles. The minimum atomic E-state index is -1.37. The van der Waals surface area contributed by atoms with Crippen LogP contribution in [0.5, 0.6) is 0 Å². The first-order valence-electron chi connectivity index (χ1n) is 19.7. The van der Waals surface area contributed by atoms with Crippen LogP contribution >= 0.6 is 25.3 Å². The van der Waals surface area contributed by atoms with E-state index in [9.17, 15) is 29.7 Å². The van der Waals surface area contributed by atoms with Crippen LogP contribution in [0.25, 0.3) is 0 Å². The molecule has 12 atom stereocenters. The topological polar surface area (TPSA) is 140 Å². The van der Waals surface area contributed by atoms with Crippen LogP contribution in [0, 0.1) is 39.4 Å². The van der Waals surface area contributed by atoms with Crippen molar-refractivity contribution in [1.29, 1.82) is 0 Å². The van der Waals surface area contributed by atoms with Gasteiger partial charge in [0.15, 0.2) is 0 Å². The maximum atomic E-state index is 13.2. The van der Waals surface area contributed by atoms with Crippen molar-refractivity contribution in [3.8, 4) is 0 Å². The molecule has 5 rings (SSSR count). The molecule has 9 nitrogen and oxygen atoms in total. The monoisotopic (exact) mass is 788 g/mol. The van der Waals surface area contributed by atoms with E-state index < -0.39 is 79.4 Å². The number of aliphatic hydroxyl groups is 3. The molecule has 54 heavy (non-hydrogen) atoms. The SMILES string of the molecule is C/C=C(/C)C(=O)OC[C@@]12C(CC(C)(C)[C@@H](OC(=O)/C(C)=C\C)[C@@H]1O)C1=CCC3[C@@]4(S)CC[C@H](O)[C@](C)(COC(=O)/C(C)=C\C)C4CC[C@@]3(S)[C@]1(C)C[C@H]2O. The van der Waals surface area contributed by atoms with Crippen molar-refractivity contribution in [3.05, 3.63) is 46.6 Å². The summed E-state index contributed by atoms with van der Waals surface area (Å²) >= 11 is 11.3. The van der Waals surface area contributed by atoms with E-state index in [1.54, 1.807) is 59.8 Å². The molecule has 11 heteroatoms. The van der Waals surface area contributed by atoms with Crippen LogP contribution in [0.4, 0.5) is 0 Å². The Hall–Kier alpha value is -2.05. The second-order valence-corrected chi connectivity index (χ2v) is 19.9. The minimum Gasteiger partial charge on any atom is -0.462 e. The normalized spacial score (nSPS) is 43.4. The Morgan fingerprint density at radius 2 is 1.33 bits per heavy atom. The molecule has 0 heterocycles. The molecule has 5 aliphatic carbocycles. The predicted molar refractivity (Wildman–Crippen MR) is 215 cm³/mol. The van der Waals surface area contributed by atoms with E-state index in [-0.39, 0.29) is 31.5 Å². The van der Waals surface area contributed by atoms with Crippen molar-refractivity contribution in [1.82, 2.24) is 0 Å². The molecule has 0 radical (unpaired) electrons. The zero-order valence-electron chi connectivity index (χ0n) is 33.9. The van der Waals surface area contributed by atoms with E-state index in [4.69, 9.17) is 39.5 Å². The summed E-state index contributed by atoms with van der Waals surface area (Å²) in [5.41, 5.74) is -1.05. The van der Waals surface area contributed by atoms with E-state index in [2.05, 4.69) is 13.0 Å². The Morgan fingerprint density at radius 1 is 0.778 bits per heavy atom. The number of ether oxygens (including phenoxy) is 3. The Kier molecular flexibility index (Phi) is 12.0. The maximum Gasteiger partial charge on any atom is 0.333 e. The van der Waals surface area contributed by atoms with E-state index in [1.807, 2.05) is 20.8 Å². The number of carbonyl (C=O) groups excluding carboxylic acids is 3. The molecule has 4 fully saturated rings. The average Bonchev–Trinajstić information content (AvgIpc) is 3.12. The van der Waals surface area contributed by atoms with Gasteiger partial charge in [-0.05, 0) is 104 Å². The van der Waals surface area contributed by atoms with Gasteiger partial charge in [-0.15, -0.1) is 0 Å². The Balaban J connectivity index is 1.58.